The van der Waals surface area contributed by atoms with Crippen molar-refractivity contribution < 1.29 is 14.4 Å². The summed E-state index contributed by atoms with van der Waals surface area (Å²) in [6.07, 6.45) is 0. The van der Waals surface area contributed by atoms with Crippen molar-refractivity contribution in [3.8, 4) is 11.3 Å². The van der Waals surface area contributed by atoms with E-state index in [1.54, 1.807) is 18.2 Å². The molecule has 6 heteroatoms. The van der Waals surface area contributed by atoms with Gasteiger partial charge in [-0.15, -0.1) is 0 Å². The number of rotatable bonds is 3. The van der Waals surface area contributed by atoms with E-state index in [1.165, 1.54) is 12.1 Å². The summed E-state index contributed by atoms with van der Waals surface area (Å²) >= 11 is 5.71. The monoisotopic (exact) mass is 253 g/mol. The Morgan fingerprint density at radius 3 is 2.71 bits per heavy atom. The van der Waals surface area contributed by atoms with Crippen molar-refractivity contribution in [3.05, 3.63) is 51.2 Å². The number of halogens is 1. The molecule has 1 aromatic carbocycles. The highest BCUT2D eigenvalue weighted by molar-refractivity contribution is 6.30. The minimum absolute atomic E-state index is 0.128. The van der Waals surface area contributed by atoms with E-state index in [9.17, 15) is 10.1 Å². The maximum Gasteiger partial charge on any atom is 0.281 e. The van der Waals surface area contributed by atoms with E-state index in [0.29, 0.717) is 17.1 Å². The van der Waals surface area contributed by atoms with Gasteiger partial charge in [0.1, 0.15) is 18.1 Å². The molecule has 0 radical (unpaired) electrons. The van der Waals surface area contributed by atoms with Gasteiger partial charge in [0.15, 0.2) is 0 Å². The third kappa shape index (κ3) is 2.30. The molecule has 0 atom stereocenters. The van der Waals surface area contributed by atoms with Crippen LogP contribution < -0.4 is 0 Å². The van der Waals surface area contributed by atoms with Crippen molar-refractivity contribution in [2.75, 3.05) is 0 Å². The minimum Gasteiger partial charge on any atom is -0.458 e. The number of aliphatic hydroxyl groups is 1. The molecular weight excluding hydrogens is 246 g/mol. The molecule has 0 aliphatic heterocycles. The number of aliphatic hydroxyl groups excluding tert-OH is 1. The van der Waals surface area contributed by atoms with Crippen molar-refractivity contribution in [2.45, 2.75) is 6.61 Å². The van der Waals surface area contributed by atoms with Crippen LogP contribution in [0.1, 0.15) is 5.76 Å². The first kappa shape index (κ1) is 11.6. The maximum absolute atomic E-state index is 10.9. The van der Waals surface area contributed by atoms with Gasteiger partial charge in [0.25, 0.3) is 5.69 Å². The third-order valence-electron chi connectivity index (χ3n) is 2.24. The smallest absolute Gasteiger partial charge is 0.281 e. The molecular formula is C11H8ClNO4. The minimum atomic E-state index is -0.525. The van der Waals surface area contributed by atoms with E-state index in [-0.39, 0.29) is 17.3 Å². The molecule has 88 valence electrons. The van der Waals surface area contributed by atoms with Crippen molar-refractivity contribution >= 4 is 17.3 Å². The largest absolute Gasteiger partial charge is 0.458 e. The quantitative estimate of drug-likeness (QED) is 0.674. The fraction of sp³-hybridized carbons (Fsp3) is 0.0909. The lowest BCUT2D eigenvalue weighted by Crippen LogP contribution is -1.91. The van der Waals surface area contributed by atoms with Crippen LogP contribution in [0.4, 0.5) is 5.69 Å². The van der Waals surface area contributed by atoms with Gasteiger partial charge in [-0.1, -0.05) is 11.6 Å². The molecule has 17 heavy (non-hydrogen) atoms. The van der Waals surface area contributed by atoms with Crippen LogP contribution in [0.3, 0.4) is 0 Å². The Labute approximate surface area is 101 Å². The lowest BCUT2D eigenvalue weighted by atomic mass is 10.1. The fourth-order valence-electron chi connectivity index (χ4n) is 1.47. The molecule has 0 spiro atoms. The summed E-state index contributed by atoms with van der Waals surface area (Å²) in [6, 6.07) is 7.46. The normalized spacial score (nSPS) is 10.5. The number of nitro benzene ring substituents is 1. The topological polar surface area (TPSA) is 76.5 Å². The van der Waals surface area contributed by atoms with Crippen LogP contribution in [0.25, 0.3) is 11.3 Å². The highest BCUT2D eigenvalue weighted by atomic mass is 35.5. The van der Waals surface area contributed by atoms with Gasteiger partial charge in [-0.3, -0.25) is 10.1 Å². The third-order valence-corrected chi connectivity index (χ3v) is 2.47. The van der Waals surface area contributed by atoms with Gasteiger partial charge in [0.05, 0.1) is 10.5 Å². The van der Waals surface area contributed by atoms with Gasteiger partial charge in [-0.05, 0) is 24.3 Å². The molecule has 0 fully saturated rings. The predicted molar refractivity (Wildman–Crippen MR) is 61.7 cm³/mol. The predicted octanol–water partition coefficient (Wildman–Crippen LogP) is 3.00. The molecule has 0 unspecified atom stereocenters. The first-order chi connectivity index (χ1) is 8.11. The van der Waals surface area contributed by atoms with Crippen molar-refractivity contribution in [1.29, 1.82) is 0 Å². The van der Waals surface area contributed by atoms with Crippen LogP contribution in [-0.4, -0.2) is 10.0 Å². The average molecular weight is 254 g/mol. The van der Waals surface area contributed by atoms with Crippen LogP contribution in [0.5, 0.6) is 0 Å². The molecule has 0 amide bonds. The first-order valence-corrected chi connectivity index (χ1v) is 5.13. The molecule has 0 saturated heterocycles. The van der Waals surface area contributed by atoms with E-state index in [2.05, 4.69) is 0 Å². The van der Waals surface area contributed by atoms with Gasteiger partial charge < -0.3 is 9.52 Å². The van der Waals surface area contributed by atoms with Gasteiger partial charge in [-0.25, -0.2) is 0 Å². The van der Waals surface area contributed by atoms with E-state index in [4.69, 9.17) is 21.1 Å². The molecule has 0 aliphatic carbocycles. The SMILES string of the molecule is O=[N+]([O-])c1cc(Cl)ccc1-c1ccc(CO)o1. The van der Waals surface area contributed by atoms with Crippen LogP contribution >= 0.6 is 11.6 Å². The van der Waals surface area contributed by atoms with E-state index in [1.807, 2.05) is 0 Å². The molecule has 1 aromatic heterocycles. The molecule has 0 saturated carbocycles. The van der Waals surface area contributed by atoms with Crippen LogP contribution in [0.15, 0.2) is 34.7 Å². The number of furan rings is 1. The number of hydrogen-bond donors (Lipinski definition) is 1. The zero-order chi connectivity index (χ0) is 12.4. The standard InChI is InChI=1S/C11H8ClNO4/c12-7-1-3-9(10(5-7)13(15)16)11-4-2-8(6-14)17-11/h1-5,14H,6H2. The summed E-state index contributed by atoms with van der Waals surface area (Å²) in [7, 11) is 0. The molecule has 1 heterocycles. The Balaban J connectivity index is 2.54. The molecule has 2 aromatic rings. The summed E-state index contributed by atoms with van der Waals surface area (Å²) in [4.78, 5) is 10.4. The Kier molecular flexibility index (Phi) is 3.12. The molecule has 1 N–H and O–H groups in total. The van der Waals surface area contributed by atoms with Gasteiger partial charge >= 0.3 is 0 Å². The Morgan fingerprint density at radius 2 is 2.12 bits per heavy atom. The van der Waals surface area contributed by atoms with Crippen LogP contribution in [-0.2, 0) is 6.61 Å². The van der Waals surface area contributed by atoms with Gasteiger partial charge in [-0.2, -0.15) is 0 Å². The fourth-order valence-corrected chi connectivity index (χ4v) is 1.64. The van der Waals surface area contributed by atoms with Crippen LogP contribution in [0.2, 0.25) is 5.02 Å². The highest BCUT2D eigenvalue weighted by Gasteiger charge is 2.18. The summed E-state index contributed by atoms with van der Waals surface area (Å²) in [5, 5.41) is 20.0. The summed E-state index contributed by atoms with van der Waals surface area (Å²) in [5.74, 6) is 0.682. The first-order valence-electron chi connectivity index (χ1n) is 4.75. The second kappa shape index (κ2) is 4.57. The second-order valence-corrected chi connectivity index (χ2v) is 3.78. The van der Waals surface area contributed by atoms with Crippen molar-refractivity contribution in [2.24, 2.45) is 0 Å². The van der Waals surface area contributed by atoms with Crippen molar-refractivity contribution in [3.63, 3.8) is 0 Å². The summed E-state index contributed by atoms with van der Waals surface area (Å²) in [5.41, 5.74) is 0.204. The molecule has 0 bridgehead atoms. The highest BCUT2D eigenvalue weighted by Crippen LogP contribution is 2.33. The Morgan fingerprint density at radius 1 is 1.35 bits per heavy atom. The molecule has 2 rings (SSSR count). The van der Waals surface area contributed by atoms with Gasteiger partial charge in [0.2, 0.25) is 0 Å². The lowest BCUT2D eigenvalue weighted by molar-refractivity contribution is -0.384. The summed E-state index contributed by atoms with van der Waals surface area (Å²) < 4.78 is 5.25. The number of benzene rings is 1. The Bertz CT molecular complexity index is 564. The second-order valence-electron chi connectivity index (χ2n) is 3.34. The number of nitrogens with zero attached hydrogens (tertiary/aromatic N) is 1. The molecule has 0 aliphatic rings. The summed E-state index contributed by atoms with van der Waals surface area (Å²) in [6.45, 7) is -0.249. The Hall–Kier alpha value is -1.85. The van der Waals surface area contributed by atoms with Crippen LogP contribution in [0, 0.1) is 10.1 Å². The maximum atomic E-state index is 10.9. The number of hydrogen-bond acceptors (Lipinski definition) is 4. The zero-order valence-electron chi connectivity index (χ0n) is 8.59. The molecule has 5 nitrogen and oxygen atoms in total. The zero-order valence-corrected chi connectivity index (χ0v) is 9.35. The number of nitro groups is 1. The average Bonchev–Trinajstić information content (AvgIpc) is 2.77. The van der Waals surface area contributed by atoms with E-state index in [0.717, 1.165) is 0 Å². The van der Waals surface area contributed by atoms with E-state index >= 15 is 0 Å². The van der Waals surface area contributed by atoms with E-state index < -0.39 is 4.92 Å². The van der Waals surface area contributed by atoms with Crippen molar-refractivity contribution in [1.82, 2.24) is 0 Å². The van der Waals surface area contributed by atoms with Gasteiger partial charge in [0, 0.05) is 11.1 Å². The lowest BCUT2D eigenvalue weighted by Gasteiger charge is -2.00.